The SMILES string of the molecule is Nc1n[nH]c2cc(-c3cncc(Br)c3)nc(-c3ccc(Oc4ccccc4)cc3)c12. The van der Waals surface area contributed by atoms with Crippen molar-refractivity contribution in [3.63, 3.8) is 0 Å². The van der Waals surface area contributed by atoms with Crippen LogP contribution < -0.4 is 10.5 Å². The number of aromatic amines is 1. The van der Waals surface area contributed by atoms with E-state index >= 15 is 0 Å². The standard InChI is InChI=1S/C23H16BrN5O/c24-16-10-15(12-26-13-16)19-11-20-21(23(25)29-28-20)22(27-19)14-6-8-18(9-7-14)30-17-4-2-1-3-5-17/h1-13H,(H3,25,28,29). The Balaban J connectivity index is 1.58. The molecule has 0 spiro atoms. The second-order valence-electron chi connectivity index (χ2n) is 6.72. The third-order valence-corrected chi connectivity index (χ3v) is 5.11. The van der Waals surface area contributed by atoms with Gasteiger partial charge in [0.05, 0.1) is 22.3 Å². The lowest BCUT2D eigenvalue weighted by Gasteiger charge is -2.09. The minimum Gasteiger partial charge on any atom is -0.457 e. The lowest BCUT2D eigenvalue weighted by atomic mass is 10.0. The number of rotatable bonds is 4. The fourth-order valence-electron chi connectivity index (χ4n) is 3.28. The summed E-state index contributed by atoms with van der Waals surface area (Å²) in [5, 5.41) is 7.96. The monoisotopic (exact) mass is 457 g/mol. The van der Waals surface area contributed by atoms with E-state index < -0.39 is 0 Å². The lowest BCUT2D eigenvalue weighted by molar-refractivity contribution is 0.483. The lowest BCUT2D eigenvalue weighted by Crippen LogP contribution is -1.93. The average Bonchev–Trinajstić information content (AvgIpc) is 3.15. The zero-order valence-corrected chi connectivity index (χ0v) is 17.3. The molecule has 5 aromatic rings. The Morgan fingerprint density at radius 1 is 0.867 bits per heavy atom. The zero-order chi connectivity index (χ0) is 20.5. The number of H-pyrrole nitrogens is 1. The zero-order valence-electron chi connectivity index (χ0n) is 15.7. The van der Waals surface area contributed by atoms with E-state index in [0.717, 1.165) is 49.4 Å². The van der Waals surface area contributed by atoms with Gasteiger partial charge in [0.1, 0.15) is 11.5 Å². The van der Waals surface area contributed by atoms with E-state index in [1.807, 2.05) is 66.7 Å². The molecule has 2 aromatic carbocycles. The summed E-state index contributed by atoms with van der Waals surface area (Å²) < 4.78 is 6.78. The molecule has 0 fully saturated rings. The number of hydrogen-bond donors (Lipinski definition) is 2. The average molecular weight is 458 g/mol. The highest BCUT2D eigenvalue weighted by molar-refractivity contribution is 9.10. The molecule has 0 aliphatic carbocycles. The molecule has 0 saturated heterocycles. The van der Waals surface area contributed by atoms with Gasteiger partial charge in [-0.15, -0.1) is 0 Å². The number of anilines is 1. The van der Waals surface area contributed by atoms with Gasteiger partial charge in [-0.05, 0) is 64.5 Å². The highest BCUT2D eigenvalue weighted by atomic mass is 79.9. The molecule has 0 unspecified atom stereocenters. The molecule has 0 radical (unpaired) electrons. The number of pyridine rings is 2. The first kappa shape index (κ1) is 18.3. The summed E-state index contributed by atoms with van der Waals surface area (Å²) in [5.41, 5.74) is 10.3. The van der Waals surface area contributed by atoms with Crippen LogP contribution in [0.15, 0.2) is 83.6 Å². The molecule has 0 aliphatic rings. The fraction of sp³-hybridized carbons (Fsp3) is 0. The van der Waals surface area contributed by atoms with Gasteiger partial charge in [-0.3, -0.25) is 10.1 Å². The minimum absolute atomic E-state index is 0.413. The van der Waals surface area contributed by atoms with Gasteiger partial charge in [0.2, 0.25) is 0 Å². The Morgan fingerprint density at radius 2 is 1.63 bits per heavy atom. The molecular weight excluding hydrogens is 442 g/mol. The number of hydrogen-bond acceptors (Lipinski definition) is 5. The molecule has 3 N–H and O–H groups in total. The van der Waals surface area contributed by atoms with Crippen LogP contribution in [0.1, 0.15) is 0 Å². The topological polar surface area (TPSA) is 89.7 Å². The number of benzene rings is 2. The van der Waals surface area contributed by atoms with Gasteiger partial charge in [-0.2, -0.15) is 5.10 Å². The Bertz CT molecular complexity index is 1330. The van der Waals surface area contributed by atoms with Crippen molar-refractivity contribution in [3.8, 4) is 34.0 Å². The minimum atomic E-state index is 0.413. The molecule has 7 heteroatoms. The summed E-state index contributed by atoms with van der Waals surface area (Å²) in [5.74, 6) is 1.94. The van der Waals surface area contributed by atoms with Crippen LogP contribution in [-0.4, -0.2) is 20.2 Å². The van der Waals surface area contributed by atoms with Gasteiger partial charge in [-0.25, -0.2) is 4.98 Å². The van der Waals surface area contributed by atoms with E-state index in [4.69, 9.17) is 15.5 Å². The van der Waals surface area contributed by atoms with Crippen LogP contribution in [-0.2, 0) is 0 Å². The quantitative estimate of drug-likeness (QED) is 0.354. The molecule has 5 rings (SSSR count). The number of para-hydroxylation sites is 1. The molecule has 30 heavy (non-hydrogen) atoms. The van der Waals surface area contributed by atoms with Crippen molar-refractivity contribution in [3.05, 3.63) is 83.6 Å². The molecule has 3 heterocycles. The Labute approximate surface area is 180 Å². The molecule has 3 aromatic heterocycles. The van der Waals surface area contributed by atoms with Crippen molar-refractivity contribution in [1.82, 2.24) is 20.2 Å². The number of ether oxygens (including phenoxy) is 1. The fourth-order valence-corrected chi connectivity index (χ4v) is 3.65. The van der Waals surface area contributed by atoms with Crippen molar-refractivity contribution in [2.75, 3.05) is 5.73 Å². The number of nitrogen functional groups attached to an aromatic ring is 1. The first-order valence-corrected chi connectivity index (χ1v) is 10.1. The number of fused-ring (bicyclic) bond motifs is 1. The van der Waals surface area contributed by atoms with Crippen molar-refractivity contribution in [1.29, 1.82) is 0 Å². The second-order valence-corrected chi connectivity index (χ2v) is 7.63. The molecule has 6 nitrogen and oxygen atoms in total. The van der Waals surface area contributed by atoms with Gasteiger partial charge in [0, 0.05) is 28.0 Å². The molecule has 0 aliphatic heterocycles. The third-order valence-electron chi connectivity index (χ3n) is 4.68. The van der Waals surface area contributed by atoms with Crippen LogP contribution in [0, 0.1) is 0 Å². The van der Waals surface area contributed by atoms with Crippen molar-refractivity contribution < 1.29 is 4.74 Å². The second kappa shape index (κ2) is 7.61. The maximum Gasteiger partial charge on any atom is 0.155 e. The van der Waals surface area contributed by atoms with Gasteiger partial charge in [0.25, 0.3) is 0 Å². The number of nitrogens with two attached hydrogens (primary N) is 1. The molecule has 0 bridgehead atoms. The third kappa shape index (κ3) is 3.51. The normalized spacial score (nSPS) is 11.0. The maximum absolute atomic E-state index is 6.13. The number of nitrogens with one attached hydrogen (secondary N) is 1. The van der Waals surface area contributed by atoms with Gasteiger partial charge >= 0.3 is 0 Å². The Kier molecular flexibility index (Phi) is 4.65. The molecular formula is C23H16BrN5O. The Morgan fingerprint density at radius 3 is 2.40 bits per heavy atom. The summed E-state index contributed by atoms with van der Waals surface area (Å²) in [6, 6.07) is 21.3. The molecule has 0 amide bonds. The highest BCUT2D eigenvalue weighted by Gasteiger charge is 2.15. The number of aromatic nitrogens is 4. The van der Waals surface area contributed by atoms with Gasteiger partial charge < -0.3 is 10.5 Å². The molecule has 0 saturated carbocycles. The Hall–Kier alpha value is -3.71. The number of nitrogens with zero attached hydrogens (tertiary/aromatic N) is 3. The van der Waals surface area contributed by atoms with E-state index in [0.29, 0.717) is 5.82 Å². The van der Waals surface area contributed by atoms with Crippen LogP contribution in [0.2, 0.25) is 0 Å². The van der Waals surface area contributed by atoms with Gasteiger partial charge in [0.15, 0.2) is 5.82 Å². The number of halogens is 1. The summed E-state index contributed by atoms with van der Waals surface area (Å²) >= 11 is 3.47. The van der Waals surface area contributed by atoms with E-state index in [2.05, 4.69) is 31.1 Å². The predicted molar refractivity (Wildman–Crippen MR) is 121 cm³/mol. The van der Waals surface area contributed by atoms with E-state index in [9.17, 15) is 0 Å². The van der Waals surface area contributed by atoms with Crippen molar-refractivity contribution in [2.45, 2.75) is 0 Å². The summed E-state index contributed by atoms with van der Waals surface area (Å²) in [6.07, 6.45) is 3.52. The summed E-state index contributed by atoms with van der Waals surface area (Å²) in [6.45, 7) is 0. The summed E-state index contributed by atoms with van der Waals surface area (Å²) in [7, 11) is 0. The van der Waals surface area contributed by atoms with Crippen molar-refractivity contribution >= 4 is 32.7 Å². The molecule has 146 valence electrons. The van der Waals surface area contributed by atoms with Gasteiger partial charge in [-0.1, -0.05) is 18.2 Å². The van der Waals surface area contributed by atoms with Crippen molar-refractivity contribution in [2.24, 2.45) is 0 Å². The van der Waals surface area contributed by atoms with Crippen LogP contribution in [0.5, 0.6) is 11.5 Å². The van der Waals surface area contributed by atoms with Crippen LogP contribution in [0.4, 0.5) is 5.82 Å². The first-order valence-electron chi connectivity index (χ1n) is 9.26. The maximum atomic E-state index is 6.13. The molecule has 0 atom stereocenters. The highest BCUT2D eigenvalue weighted by Crippen LogP contribution is 2.34. The summed E-state index contributed by atoms with van der Waals surface area (Å²) in [4.78, 5) is 9.13. The van der Waals surface area contributed by atoms with Crippen LogP contribution in [0.25, 0.3) is 33.4 Å². The van der Waals surface area contributed by atoms with E-state index in [-0.39, 0.29) is 0 Å². The van der Waals surface area contributed by atoms with Crippen LogP contribution >= 0.6 is 15.9 Å². The van der Waals surface area contributed by atoms with E-state index in [1.165, 1.54) is 0 Å². The largest absolute Gasteiger partial charge is 0.457 e. The smallest absolute Gasteiger partial charge is 0.155 e. The first-order chi connectivity index (χ1) is 14.7. The van der Waals surface area contributed by atoms with E-state index in [1.54, 1.807) is 12.4 Å². The van der Waals surface area contributed by atoms with Crippen LogP contribution in [0.3, 0.4) is 0 Å². The predicted octanol–water partition coefficient (Wildman–Crippen LogP) is 5.82.